The summed E-state index contributed by atoms with van der Waals surface area (Å²) in [5.74, 6) is -0.200. The molecular formula is C23H22N2O. The van der Waals surface area contributed by atoms with Gasteiger partial charge >= 0.3 is 0 Å². The molecule has 0 unspecified atom stereocenters. The summed E-state index contributed by atoms with van der Waals surface area (Å²) in [7, 11) is 0. The van der Waals surface area contributed by atoms with E-state index in [4.69, 9.17) is 0 Å². The predicted octanol–water partition coefficient (Wildman–Crippen LogP) is 5.29. The summed E-state index contributed by atoms with van der Waals surface area (Å²) < 4.78 is 0. The molecule has 0 spiro atoms. The minimum atomic E-state index is -0.200. The lowest BCUT2D eigenvalue weighted by Gasteiger charge is -2.07. The number of hydrogen-bond acceptors (Lipinski definition) is 2. The average molecular weight is 342 g/mol. The summed E-state index contributed by atoms with van der Waals surface area (Å²) in [6.07, 6.45) is 1.78. The van der Waals surface area contributed by atoms with Gasteiger partial charge in [-0.05, 0) is 35.2 Å². The molecule has 130 valence electrons. The van der Waals surface area contributed by atoms with Gasteiger partial charge in [0.1, 0.15) is 0 Å². The zero-order chi connectivity index (χ0) is 18.2. The molecule has 3 heteroatoms. The monoisotopic (exact) mass is 342 g/mol. The van der Waals surface area contributed by atoms with Crippen molar-refractivity contribution in [3.8, 4) is 11.1 Å². The van der Waals surface area contributed by atoms with Gasteiger partial charge in [-0.1, -0.05) is 86.1 Å². The molecule has 0 aliphatic heterocycles. The van der Waals surface area contributed by atoms with Gasteiger partial charge in [-0.25, -0.2) is 5.43 Å². The van der Waals surface area contributed by atoms with Crippen LogP contribution in [0.2, 0.25) is 0 Å². The smallest absolute Gasteiger partial charge is 0.267 e. The molecule has 0 radical (unpaired) electrons. The minimum absolute atomic E-state index is 0.200. The number of carbonyl (C=O) groups is 1. The number of rotatable bonds is 6. The normalized spacial score (nSPS) is 11.2. The van der Waals surface area contributed by atoms with Gasteiger partial charge < -0.3 is 0 Å². The number of benzene rings is 3. The first-order chi connectivity index (χ1) is 12.8. The number of nitrogens with one attached hydrogen (secondary N) is 1. The lowest BCUT2D eigenvalue weighted by molar-refractivity contribution is 0.0955. The Hall–Kier alpha value is -3.20. The summed E-state index contributed by atoms with van der Waals surface area (Å²) in [6.45, 7) is 2.10. The van der Waals surface area contributed by atoms with Crippen LogP contribution in [-0.4, -0.2) is 11.6 Å². The lowest BCUT2D eigenvalue weighted by atomic mass is 10.0. The van der Waals surface area contributed by atoms with E-state index in [1.807, 2.05) is 72.8 Å². The fourth-order valence-corrected chi connectivity index (χ4v) is 2.76. The first-order valence-electron chi connectivity index (χ1n) is 8.85. The van der Waals surface area contributed by atoms with E-state index in [1.165, 1.54) is 0 Å². The quantitative estimate of drug-likeness (QED) is 0.480. The molecule has 0 aliphatic carbocycles. The van der Waals surface area contributed by atoms with E-state index in [1.54, 1.807) is 0 Å². The van der Waals surface area contributed by atoms with Crippen molar-refractivity contribution in [2.24, 2.45) is 5.10 Å². The van der Waals surface area contributed by atoms with Gasteiger partial charge in [-0.15, -0.1) is 0 Å². The largest absolute Gasteiger partial charge is 0.271 e. The van der Waals surface area contributed by atoms with E-state index in [-0.39, 0.29) is 5.91 Å². The number of carbonyl (C=O) groups excluding carboxylic acids is 1. The van der Waals surface area contributed by atoms with E-state index >= 15 is 0 Å². The van der Waals surface area contributed by atoms with E-state index in [0.29, 0.717) is 5.56 Å². The standard InChI is InChI=1S/C23H22N2O/c1-2-9-22(20-12-7-4-8-13-20)24-25-23(26)21-16-14-19(15-17-21)18-10-5-3-6-11-18/h3-8,10-17H,2,9H2,1H3,(H,25,26)/b24-22-. The number of nitrogens with zero attached hydrogens (tertiary/aromatic N) is 1. The minimum Gasteiger partial charge on any atom is -0.267 e. The Morgan fingerprint density at radius 1 is 0.769 bits per heavy atom. The third-order valence-corrected chi connectivity index (χ3v) is 4.14. The molecule has 3 aromatic carbocycles. The molecule has 26 heavy (non-hydrogen) atoms. The summed E-state index contributed by atoms with van der Waals surface area (Å²) in [5, 5.41) is 4.36. The SMILES string of the molecule is CCC/C(=N/NC(=O)c1ccc(-c2ccccc2)cc1)c1ccccc1. The second-order valence-corrected chi connectivity index (χ2v) is 6.06. The maximum Gasteiger partial charge on any atom is 0.271 e. The van der Waals surface area contributed by atoms with Crippen LogP contribution in [-0.2, 0) is 0 Å². The van der Waals surface area contributed by atoms with Crippen LogP contribution in [0.5, 0.6) is 0 Å². The maximum absolute atomic E-state index is 12.4. The molecular weight excluding hydrogens is 320 g/mol. The van der Waals surface area contributed by atoms with E-state index in [9.17, 15) is 4.79 Å². The fraction of sp³-hybridized carbons (Fsp3) is 0.130. The molecule has 3 nitrogen and oxygen atoms in total. The van der Waals surface area contributed by atoms with Crippen molar-refractivity contribution in [3.05, 3.63) is 96.1 Å². The second kappa shape index (κ2) is 8.77. The average Bonchev–Trinajstić information content (AvgIpc) is 2.72. The molecule has 3 rings (SSSR count). The van der Waals surface area contributed by atoms with Crippen LogP contribution < -0.4 is 5.43 Å². The molecule has 1 N–H and O–H groups in total. The van der Waals surface area contributed by atoms with E-state index < -0.39 is 0 Å². The van der Waals surface area contributed by atoms with Crippen molar-refractivity contribution in [1.82, 2.24) is 5.43 Å². The third-order valence-electron chi connectivity index (χ3n) is 4.14. The van der Waals surface area contributed by atoms with Crippen LogP contribution in [0.1, 0.15) is 35.7 Å². The Morgan fingerprint density at radius 2 is 1.35 bits per heavy atom. The molecule has 0 saturated carbocycles. The van der Waals surface area contributed by atoms with Crippen LogP contribution >= 0.6 is 0 Å². The number of hydrazone groups is 1. The Labute approximate surface area is 154 Å². The zero-order valence-corrected chi connectivity index (χ0v) is 14.9. The van der Waals surface area contributed by atoms with Crippen molar-refractivity contribution in [1.29, 1.82) is 0 Å². The summed E-state index contributed by atoms with van der Waals surface area (Å²) in [5.41, 5.74) is 7.43. The highest BCUT2D eigenvalue weighted by molar-refractivity contribution is 6.02. The van der Waals surface area contributed by atoms with E-state index in [0.717, 1.165) is 35.2 Å². The molecule has 0 bridgehead atoms. The van der Waals surface area contributed by atoms with Gasteiger partial charge in [0.25, 0.3) is 5.91 Å². The van der Waals surface area contributed by atoms with Gasteiger partial charge in [-0.2, -0.15) is 5.10 Å². The number of amides is 1. The van der Waals surface area contributed by atoms with Crippen LogP contribution in [0.15, 0.2) is 90.0 Å². The summed E-state index contributed by atoms with van der Waals surface area (Å²) in [4.78, 5) is 12.4. The molecule has 0 heterocycles. The molecule has 1 amide bonds. The van der Waals surface area contributed by atoms with Crippen LogP contribution in [0.25, 0.3) is 11.1 Å². The topological polar surface area (TPSA) is 41.5 Å². The zero-order valence-electron chi connectivity index (χ0n) is 14.9. The third kappa shape index (κ3) is 4.45. The maximum atomic E-state index is 12.4. The van der Waals surface area contributed by atoms with Crippen molar-refractivity contribution in [3.63, 3.8) is 0 Å². The number of hydrogen-bond donors (Lipinski definition) is 1. The van der Waals surface area contributed by atoms with Crippen LogP contribution in [0, 0.1) is 0 Å². The lowest BCUT2D eigenvalue weighted by Crippen LogP contribution is -2.20. The van der Waals surface area contributed by atoms with Crippen LogP contribution in [0.4, 0.5) is 0 Å². The first kappa shape index (κ1) is 17.6. The highest BCUT2D eigenvalue weighted by atomic mass is 16.2. The molecule has 3 aromatic rings. The van der Waals surface area contributed by atoms with Crippen molar-refractivity contribution < 1.29 is 4.79 Å². The van der Waals surface area contributed by atoms with Crippen molar-refractivity contribution in [2.45, 2.75) is 19.8 Å². The summed E-state index contributed by atoms with van der Waals surface area (Å²) >= 11 is 0. The Kier molecular flexibility index (Phi) is 5.94. The molecule has 0 saturated heterocycles. The Bertz CT molecular complexity index is 869. The first-order valence-corrected chi connectivity index (χ1v) is 8.85. The van der Waals surface area contributed by atoms with Gasteiger partial charge in [0.2, 0.25) is 0 Å². The molecule has 0 aromatic heterocycles. The highest BCUT2D eigenvalue weighted by Gasteiger charge is 2.07. The molecule has 0 aliphatic rings. The second-order valence-electron chi connectivity index (χ2n) is 6.06. The molecule has 0 atom stereocenters. The molecule has 0 fully saturated rings. The Balaban J connectivity index is 1.73. The Morgan fingerprint density at radius 3 is 1.96 bits per heavy atom. The van der Waals surface area contributed by atoms with Crippen molar-refractivity contribution in [2.75, 3.05) is 0 Å². The van der Waals surface area contributed by atoms with Gasteiger partial charge in [0.05, 0.1) is 5.71 Å². The highest BCUT2D eigenvalue weighted by Crippen LogP contribution is 2.19. The van der Waals surface area contributed by atoms with Gasteiger partial charge in [0.15, 0.2) is 0 Å². The van der Waals surface area contributed by atoms with Gasteiger partial charge in [-0.3, -0.25) is 4.79 Å². The van der Waals surface area contributed by atoms with Crippen molar-refractivity contribution >= 4 is 11.6 Å². The van der Waals surface area contributed by atoms with Gasteiger partial charge in [0, 0.05) is 5.56 Å². The predicted molar refractivity (Wildman–Crippen MR) is 107 cm³/mol. The fourth-order valence-electron chi connectivity index (χ4n) is 2.76. The van der Waals surface area contributed by atoms with E-state index in [2.05, 4.69) is 29.6 Å². The summed E-state index contributed by atoms with van der Waals surface area (Å²) in [6, 6.07) is 27.6. The van der Waals surface area contributed by atoms with Crippen LogP contribution in [0.3, 0.4) is 0 Å².